The molecule has 1 rings (SSSR count). The van der Waals surface area contributed by atoms with E-state index in [0.717, 1.165) is 17.1 Å². The van der Waals surface area contributed by atoms with Crippen molar-refractivity contribution in [2.75, 3.05) is 17.7 Å². The molecule has 0 amide bonds. The van der Waals surface area contributed by atoms with Gasteiger partial charge in [-0.25, -0.2) is 4.98 Å². The average Bonchev–Trinajstić information content (AvgIpc) is 2.15. The minimum Gasteiger partial charge on any atom is -0.397 e. The molecule has 3 nitrogen and oxygen atoms in total. The molecule has 0 aliphatic rings. The first kappa shape index (κ1) is 12.8. The molecule has 0 aliphatic heterocycles. The summed E-state index contributed by atoms with van der Waals surface area (Å²) in [5.41, 5.74) is 7.57. The standard InChI is InChI=1S/C13H23N3/c1-9(2)6-11(4)16(5)13-10(3)7-12(14)8-15-13/h7-9,11H,6,14H2,1-5H3. The maximum Gasteiger partial charge on any atom is 0.131 e. The fraction of sp³-hybridized carbons (Fsp3) is 0.615. The van der Waals surface area contributed by atoms with Crippen LogP contribution in [-0.2, 0) is 0 Å². The molecule has 3 heteroatoms. The average molecular weight is 221 g/mol. The van der Waals surface area contributed by atoms with Gasteiger partial charge in [-0.05, 0) is 37.8 Å². The van der Waals surface area contributed by atoms with Gasteiger partial charge in [-0.15, -0.1) is 0 Å². The molecule has 0 bridgehead atoms. The molecular formula is C13H23N3. The lowest BCUT2D eigenvalue weighted by Gasteiger charge is -2.28. The Morgan fingerprint density at radius 2 is 2.00 bits per heavy atom. The minimum atomic E-state index is 0.495. The first-order valence-electron chi connectivity index (χ1n) is 5.86. The molecule has 1 aromatic heterocycles. The van der Waals surface area contributed by atoms with Crippen molar-refractivity contribution in [3.8, 4) is 0 Å². The van der Waals surface area contributed by atoms with E-state index in [1.807, 2.05) is 6.07 Å². The second-order valence-electron chi connectivity index (χ2n) is 5.00. The Balaban J connectivity index is 2.83. The lowest BCUT2D eigenvalue weighted by Crippen LogP contribution is -2.31. The fourth-order valence-corrected chi connectivity index (χ4v) is 2.01. The van der Waals surface area contributed by atoms with E-state index in [1.165, 1.54) is 6.42 Å². The van der Waals surface area contributed by atoms with Gasteiger partial charge in [0.1, 0.15) is 5.82 Å². The summed E-state index contributed by atoms with van der Waals surface area (Å²) in [6.07, 6.45) is 2.89. The predicted octanol–water partition coefficient (Wildman–Crippen LogP) is 2.84. The zero-order chi connectivity index (χ0) is 12.3. The predicted molar refractivity (Wildman–Crippen MR) is 70.7 cm³/mol. The van der Waals surface area contributed by atoms with Gasteiger partial charge in [0, 0.05) is 13.1 Å². The van der Waals surface area contributed by atoms with E-state index in [0.29, 0.717) is 12.0 Å². The van der Waals surface area contributed by atoms with Gasteiger partial charge in [0.05, 0.1) is 11.9 Å². The van der Waals surface area contributed by atoms with Gasteiger partial charge in [0.2, 0.25) is 0 Å². The van der Waals surface area contributed by atoms with Gasteiger partial charge in [-0.3, -0.25) is 0 Å². The van der Waals surface area contributed by atoms with Crippen molar-refractivity contribution >= 4 is 11.5 Å². The third-order valence-electron chi connectivity index (χ3n) is 2.88. The normalized spacial score (nSPS) is 12.9. The van der Waals surface area contributed by atoms with Crippen LogP contribution in [0.15, 0.2) is 12.3 Å². The van der Waals surface area contributed by atoms with Crippen molar-refractivity contribution in [1.29, 1.82) is 0 Å². The molecule has 0 aliphatic carbocycles. The Hall–Kier alpha value is -1.25. The smallest absolute Gasteiger partial charge is 0.131 e. The van der Waals surface area contributed by atoms with Crippen molar-refractivity contribution in [1.82, 2.24) is 4.98 Å². The molecule has 1 unspecified atom stereocenters. The van der Waals surface area contributed by atoms with Crippen LogP contribution in [0.25, 0.3) is 0 Å². The van der Waals surface area contributed by atoms with Gasteiger partial charge in [-0.2, -0.15) is 0 Å². The van der Waals surface area contributed by atoms with Crippen molar-refractivity contribution in [3.05, 3.63) is 17.8 Å². The number of anilines is 2. The Kier molecular flexibility index (Phi) is 4.16. The summed E-state index contributed by atoms with van der Waals surface area (Å²) >= 11 is 0. The van der Waals surface area contributed by atoms with E-state index in [-0.39, 0.29) is 0 Å². The van der Waals surface area contributed by atoms with Crippen LogP contribution in [0.1, 0.15) is 32.8 Å². The lowest BCUT2D eigenvalue weighted by molar-refractivity contribution is 0.501. The number of nitrogens with zero attached hydrogens (tertiary/aromatic N) is 2. The summed E-state index contributed by atoms with van der Waals surface area (Å²) in [6, 6.07) is 2.47. The van der Waals surface area contributed by atoms with Gasteiger partial charge in [0.25, 0.3) is 0 Å². The van der Waals surface area contributed by atoms with Crippen LogP contribution in [0.4, 0.5) is 11.5 Å². The fourth-order valence-electron chi connectivity index (χ4n) is 2.01. The molecule has 0 saturated carbocycles. The third-order valence-corrected chi connectivity index (χ3v) is 2.88. The van der Waals surface area contributed by atoms with Crippen LogP contribution < -0.4 is 10.6 Å². The summed E-state index contributed by atoms with van der Waals surface area (Å²) in [4.78, 5) is 6.64. The summed E-state index contributed by atoms with van der Waals surface area (Å²) in [5, 5.41) is 0. The van der Waals surface area contributed by atoms with Gasteiger partial charge in [-0.1, -0.05) is 13.8 Å². The number of aromatic nitrogens is 1. The summed E-state index contributed by atoms with van der Waals surface area (Å²) in [5.74, 6) is 1.73. The first-order chi connectivity index (χ1) is 7.41. The van der Waals surface area contributed by atoms with E-state index in [1.54, 1.807) is 6.20 Å². The number of rotatable bonds is 4. The third kappa shape index (κ3) is 3.12. The molecule has 2 N–H and O–H groups in total. The Bertz CT molecular complexity index is 347. The van der Waals surface area contributed by atoms with Crippen LogP contribution in [0.5, 0.6) is 0 Å². The summed E-state index contributed by atoms with van der Waals surface area (Å²) < 4.78 is 0. The zero-order valence-electron chi connectivity index (χ0n) is 11.0. The zero-order valence-corrected chi connectivity index (χ0v) is 11.0. The molecule has 1 atom stereocenters. The molecule has 0 saturated heterocycles. The van der Waals surface area contributed by atoms with E-state index in [4.69, 9.17) is 5.73 Å². The number of pyridine rings is 1. The molecule has 0 aromatic carbocycles. The quantitative estimate of drug-likeness (QED) is 0.850. The first-order valence-corrected chi connectivity index (χ1v) is 5.86. The van der Waals surface area contributed by atoms with Gasteiger partial charge in [0.15, 0.2) is 0 Å². The molecule has 90 valence electrons. The van der Waals surface area contributed by atoms with Crippen LogP contribution in [0.3, 0.4) is 0 Å². The van der Waals surface area contributed by atoms with Crippen molar-refractivity contribution < 1.29 is 0 Å². The highest BCUT2D eigenvalue weighted by Gasteiger charge is 2.14. The summed E-state index contributed by atoms with van der Waals surface area (Å²) in [6.45, 7) is 8.77. The van der Waals surface area contributed by atoms with Crippen LogP contribution in [-0.4, -0.2) is 18.1 Å². The lowest BCUT2D eigenvalue weighted by atomic mass is 10.0. The van der Waals surface area contributed by atoms with Gasteiger partial charge < -0.3 is 10.6 Å². The van der Waals surface area contributed by atoms with E-state index in [2.05, 4.69) is 44.6 Å². The maximum absolute atomic E-state index is 5.70. The molecule has 1 aromatic rings. The topological polar surface area (TPSA) is 42.1 Å². The molecule has 1 heterocycles. The van der Waals surface area contributed by atoms with Crippen molar-refractivity contribution in [2.24, 2.45) is 5.92 Å². The highest BCUT2D eigenvalue weighted by atomic mass is 15.2. The van der Waals surface area contributed by atoms with Crippen LogP contribution in [0.2, 0.25) is 0 Å². The van der Waals surface area contributed by atoms with Crippen LogP contribution >= 0.6 is 0 Å². The van der Waals surface area contributed by atoms with E-state index >= 15 is 0 Å². The Morgan fingerprint density at radius 3 is 2.50 bits per heavy atom. The van der Waals surface area contributed by atoms with Gasteiger partial charge >= 0.3 is 0 Å². The molecule has 16 heavy (non-hydrogen) atoms. The number of nitrogens with two attached hydrogens (primary N) is 1. The monoisotopic (exact) mass is 221 g/mol. The molecule has 0 fully saturated rings. The summed E-state index contributed by atoms with van der Waals surface area (Å²) in [7, 11) is 2.10. The maximum atomic E-state index is 5.70. The van der Waals surface area contributed by atoms with E-state index < -0.39 is 0 Å². The van der Waals surface area contributed by atoms with Crippen molar-refractivity contribution in [2.45, 2.75) is 40.2 Å². The second kappa shape index (κ2) is 5.19. The number of nitrogen functional groups attached to an aromatic ring is 1. The highest BCUT2D eigenvalue weighted by Crippen LogP contribution is 2.21. The number of aryl methyl sites for hydroxylation is 1. The number of hydrogen-bond donors (Lipinski definition) is 1. The molecular weight excluding hydrogens is 198 g/mol. The Morgan fingerprint density at radius 1 is 1.38 bits per heavy atom. The van der Waals surface area contributed by atoms with E-state index in [9.17, 15) is 0 Å². The molecule has 0 radical (unpaired) electrons. The van der Waals surface area contributed by atoms with Crippen molar-refractivity contribution in [3.63, 3.8) is 0 Å². The molecule has 0 spiro atoms. The van der Waals surface area contributed by atoms with Crippen LogP contribution in [0, 0.1) is 12.8 Å². The highest BCUT2D eigenvalue weighted by molar-refractivity contribution is 5.52. The largest absolute Gasteiger partial charge is 0.397 e. The Labute approximate surface area is 98.7 Å². The second-order valence-corrected chi connectivity index (χ2v) is 5.00. The minimum absolute atomic E-state index is 0.495. The SMILES string of the molecule is Cc1cc(N)cnc1N(C)C(C)CC(C)C. The number of hydrogen-bond acceptors (Lipinski definition) is 3.